The van der Waals surface area contributed by atoms with Gasteiger partial charge >= 0.3 is 0 Å². The molecule has 1 aromatic carbocycles. The van der Waals surface area contributed by atoms with Crippen molar-refractivity contribution in [2.24, 2.45) is 0 Å². The second kappa shape index (κ2) is 7.36. The molecule has 1 saturated heterocycles. The van der Waals surface area contributed by atoms with E-state index in [0.29, 0.717) is 13.1 Å². The molecule has 0 N–H and O–H groups in total. The van der Waals surface area contributed by atoms with E-state index in [0.717, 1.165) is 34.2 Å². The molecule has 9 heteroatoms. The van der Waals surface area contributed by atoms with Gasteiger partial charge in [-0.3, -0.25) is 0 Å². The number of para-hydroxylation sites is 1. The van der Waals surface area contributed by atoms with Crippen LogP contribution in [0.15, 0.2) is 24.3 Å². The van der Waals surface area contributed by atoms with Crippen LogP contribution < -0.4 is 4.74 Å². The average molecular weight is 383 g/mol. The Balaban J connectivity index is 1.73. The van der Waals surface area contributed by atoms with Gasteiger partial charge in [0, 0.05) is 33.1 Å². The summed E-state index contributed by atoms with van der Waals surface area (Å²) in [6.45, 7) is 1.02. The molecule has 0 amide bonds. The quantitative estimate of drug-likeness (QED) is 0.792. The molecule has 1 fully saturated rings. The molecule has 0 bridgehead atoms. The molecule has 2 heterocycles. The van der Waals surface area contributed by atoms with Gasteiger partial charge in [0.2, 0.25) is 0 Å². The molecule has 0 spiro atoms. The number of hydrogen-bond acceptors (Lipinski definition) is 6. The molecule has 0 unspecified atom stereocenters. The lowest BCUT2D eigenvalue weighted by molar-refractivity contribution is 0.301. The maximum atomic E-state index is 12.2. The van der Waals surface area contributed by atoms with Gasteiger partial charge in [-0.05, 0) is 25.0 Å². The van der Waals surface area contributed by atoms with Crippen LogP contribution in [0.5, 0.6) is 5.75 Å². The third-order valence-electron chi connectivity index (χ3n) is 4.37. The number of methoxy groups -OCH3 is 1. The average Bonchev–Trinajstić information content (AvgIpc) is 3.11. The number of aromatic nitrogens is 2. The summed E-state index contributed by atoms with van der Waals surface area (Å²) in [4.78, 5) is 0. The highest BCUT2D eigenvalue weighted by atomic mass is 32.2. The van der Waals surface area contributed by atoms with Crippen molar-refractivity contribution >= 4 is 21.5 Å². The highest BCUT2D eigenvalue weighted by Crippen LogP contribution is 2.37. The SMILES string of the molecule is COc1ccccc1-c1nnc(C2CCN(S(=O)(=O)N(C)C)CC2)s1. The number of piperidine rings is 1. The first-order chi connectivity index (χ1) is 11.9. The number of ether oxygens (including phenoxy) is 1. The van der Waals surface area contributed by atoms with E-state index in [1.807, 2.05) is 24.3 Å². The summed E-state index contributed by atoms with van der Waals surface area (Å²) >= 11 is 1.56. The lowest BCUT2D eigenvalue weighted by atomic mass is 9.99. The molecule has 0 atom stereocenters. The monoisotopic (exact) mass is 382 g/mol. The first-order valence-corrected chi connectivity index (χ1v) is 10.3. The third-order valence-corrected chi connectivity index (χ3v) is 7.43. The Hall–Kier alpha value is -1.55. The van der Waals surface area contributed by atoms with Crippen molar-refractivity contribution < 1.29 is 13.2 Å². The van der Waals surface area contributed by atoms with Gasteiger partial charge in [0.25, 0.3) is 10.2 Å². The Bertz CT molecular complexity index is 827. The molecule has 1 aromatic heterocycles. The summed E-state index contributed by atoms with van der Waals surface area (Å²) in [5, 5.41) is 10.5. The second-order valence-electron chi connectivity index (χ2n) is 6.11. The molecule has 1 aliphatic rings. The van der Waals surface area contributed by atoms with Gasteiger partial charge in [-0.25, -0.2) is 0 Å². The van der Waals surface area contributed by atoms with Crippen molar-refractivity contribution in [3.8, 4) is 16.3 Å². The highest BCUT2D eigenvalue weighted by Gasteiger charge is 2.31. The molecule has 2 aromatic rings. The van der Waals surface area contributed by atoms with Crippen molar-refractivity contribution in [3.63, 3.8) is 0 Å². The molecule has 136 valence electrons. The Morgan fingerprint density at radius 1 is 1.20 bits per heavy atom. The molecule has 0 radical (unpaired) electrons. The zero-order valence-electron chi connectivity index (χ0n) is 14.5. The minimum absolute atomic E-state index is 0.245. The van der Waals surface area contributed by atoms with Gasteiger partial charge in [-0.1, -0.05) is 23.5 Å². The maximum Gasteiger partial charge on any atom is 0.281 e. The summed E-state index contributed by atoms with van der Waals surface area (Å²) in [5.74, 6) is 1.02. The van der Waals surface area contributed by atoms with Crippen LogP contribution in [0.4, 0.5) is 0 Å². The zero-order chi connectivity index (χ0) is 18.0. The van der Waals surface area contributed by atoms with E-state index in [4.69, 9.17) is 4.74 Å². The summed E-state index contributed by atoms with van der Waals surface area (Å²) in [6.07, 6.45) is 1.52. The van der Waals surface area contributed by atoms with Gasteiger partial charge in [0.05, 0.1) is 12.7 Å². The predicted molar refractivity (Wildman–Crippen MR) is 98.1 cm³/mol. The van der Waals surface area contributed by atoms with Gasteiger partial charge in [-0.2, -0.15) is 17.0 Å². The topological polar surface area (TPSA) is 75.6 Å². The van der Waals surface area contributed by atoms with Gasteiger partial charge in [0.1, 0.15) is 10.8 Å². The normalized spacial score (nSPS) is 17.1. The predicted octanol–water partition coefficient (Wildman–Crippen LogP) is 2.20. The Kier molecular flexibility index (Phi) is 5.38. The van der Waals surface area contributed by atoms with Gasteiger partial charge < -0.3 is 4.74 Å². The van der Waals surface area contributed by atoms with Crippen LogP contribution in [-0.2, 0) is 10.2 Å². The molecule has 7 nitrogen and oxygen atoms in total. The van der Waals surface area contributed by atoms with Crippen LogP contribution in [0.3, 0.4) is 0 Å². The van der Waals surface area contributed by atoms with Crippen molar-refractivity contribution in [1.29, 1.82) is 0 Å². The Morgan fingerprint density at radius 3 is 2.52 bits per heavy atom. The highest BCUT2D eigenvalue weighted by molar-refractivity contribution is 7.86. The molecule has 3 rings (SSSR count). The molecular formula is C16H22N4O3S2. The van der Waals surface area contributed by atoms with E-state index in [1.54, 1.807) is 32.5 Å². The first kappa shape index (κ1) is 18.2. The zero-order valence-corrected chi connectivity index (χ0v) is 16.2. The molecule has 25 heavy (non-hydrogen) atoms. The van der Waals surface area contributed by atoms with E-state index in [9.17, 15) is 8.42 Å². The number of rotatable bonds is 5. The lowest BCUT2D eigenvalue weighted by Gasteiger charge is -2.31. The van der Waals surface area contributed by atoms with Crippen molar-refractivity contribution in [3.05, 3.63) is 29.3 Å². The summed E-state index contributed by atoms with van der Waals surface area (Å²) in [7, 11) is 1.43. The van der Waals surface area contributed by atoms with E-state index >= 15 is 0 Å². The number of hydrogen-bond donors (Lipinski definition) is 0. The number of benzene rings is 1. The Morgan fingerprint density at radius 2 is 1.88 bits per heavy atom. The van der Waals surface area contributed by atoms with Gasteiger partial charge in [-0.15, -0.1) is 10.2 Å². The van der Waals surface area contributed by atoms with Crippen LogP contribution in [0.1, 0.15) is 23.8 Å². The van der Waals surface area contributed by atoms with E-state index in [1.165, 1.54) is 8.61 Å². The third kappa shape index (κ3) is 3.69. The molecular weight excluding hydrogens is 360 g/mol. The minimum atomic E-state index is -3.33. The van der Waals surface area contributed by atoms with E-state index < -0.39 is 10.2 Å². The minimum Gasteiger partial charge on any atom is -0.496 e. The fourth-order valence-corrected chi connectivity index (χ4v) is 5.07. The van der Waals surface area contributed by atoms with Crippen LogP contribution >= 0.6 is 11.3 Å². The fraction of sp³-hybridized carbons (Fsp3) is 0.500. The summed E-state index contributed by atoms with van der Waals surface area (Å²) in [5.41, 5.74) is 0.932. The standard InChI is InChI=1S/C16H22N4O3S2/c1-19(2)25(21,22)20-10-8-12(9-11-20)15-17-18-16(24-15)13-6-4-5-7-14(13)23-3/h4-7,12H,8-11H2,1-3H3. The van der Waals surface area contributed by atoms with Crippen molar-refractivity contribution in [2.75, 3.05) is 34.3 Å². The van der Waals surface area contributed by atoms with Crippen LogP contribution in [0.2, 0.25) is 0 Å². The van der Waals surface area contributed by atoms with Crippen molar-refractivity contribution in [2.45, 2.75) is 18.8 Å². The molecule has 0 saturated carbocycles. The second-order valence-corrected chi connectivity index (χ2v) is 9.26. The summed E-state index contributed by atoms with van der Waals surface area (Å²) < 4.78 is 32.6. The van der Waals surface area contributed by atoms with E-state index in [-0.39, 0.29) is 5.92 Å². The van der Waals surface area contributed by atoms with Crippen LogP contribution in [-0.4, -0.2) is 61.5 Å². The van der Waals surface area contributed by atoms with Crippen LogP contribution in [0, 0.1) is 0 Å². The molecule has 0 aliphatic carbocycles. The lowest BCUT2D eigenvalue weighted by Crippen LogP contribution is -2.44. The largest absolute Gasteiger partial charge is 0.496 e. The Labute approximate surface area is 152 Å². The maximum absolute atomic E-state index is 12.2. The van der Waals surface area contributed by atoms with Gasteiger partial charge in [0.15, 0.2) is 5.01 Å². The van der Waals surface area contributed by atoms with Crippen LogP contribution in [0.25, 0.3) is 10.6 Å². The smallest absolute Gasteiger partial charge is 0.281 e. The molecule has 1 aliphatic heterocycles. The van der Waals surface area contributed by atoms with Crippen molar-refractivity contribution in [1.82, 2.24) is 18.8 Å². The fourth-order valence-electron chi connectivity index (χ4n) is 2.89. The number of nitrogens with zero attached hydrogens (tertiary/aromatic N) is 4. The first-order valence-electron chi connectivity index (χ1n) is 8.08. The summed E-state index contributed by atoms with van der Waals surface area (Å²) in [6, 6.07) is 7.74. The van der Waals surface area contributed by atoms with E-state index in [2.05, 4.69) is 10.2 Å².